The van der Waals surface area contributed by atoms with Gasteiger partial charge in [0.2, 0.25) is 0 Å². The van der Waals surface area contributed by atoms with Crippen LogP contribution in [-0.4, -0.2) is 41.5 Å². The van der Waals surface area contributed by atoms with Crippen LogP contribution in [-0.2, 0) is 0 Å². The number of hydrogen-bond acceptors (Lipinski definition) is 3. The molecular formula is C17H19N3O. The monoisotopic (exact) mass is 281 g/mol. The van der Waals surface area contributed by atoms with Crippen molar-refractivity contribution in [1.29, 1.82) is 0 Å². The number of nitrogens with one attached hydrogen (secondary N) is 1. The number of carbonyl (C=O) groups excluding carboxylic acids is 1. The molecule has 1 N–H and O–H groups in total. The van der Waals surface area contributed by atoms with Gasteiger partial charge in [-0.1, -0.05) is 18.2 Å². The Hall–Kier alpha value is -1.94. The van der Waals surface area contributed by atoms with Crippen LogP contribution in [0.5, 0.6) is 0 Å². The third-order valence-corrected chi connectivity index (χ3v) is 4.86. The molecule has 3 heterocycles. The smallest absolute Gasteiger partial charge is 0.270 e. The zero-order chi connectivity index (χ0) is 14.4. The minimum Gasteiger partial charge on any atom is -0.346 e. The summed E-state index contributed by atoms with van der Waals surface area (Å²) in [4.78, 5) is 19.2. The van der Waals surface area contributed by atoms with E-state index in [0.717, 1.165) is 23.9 Å². The van der Waals surface area contributed by atoms with Crippen molar-refractivity contribution < 1.29 is 4.79 Å². The maximum Gasteiger partial charge on any atom is 0.270 e. The fourth-order valence-corrected chi connectivity index (χ4v) is 3.64. The van der Waals surface area contributed by atoms with Crippen LogP contribution in [0, 0.1) is 12.8 Å². The lowest BCUT2D eigenvalue weighted by Gasteiger charge is -2.23. The number of fused-ring (bicyclic) bond motifs is 3. The summed E-state index contributed by atoms with van der Waals surface area (Å²) in [6, 6.07) is 8.31. The van der Waals surface area contributed by atoms with E-state index in [0.29, 0.717) is 17.7 Å². The molecule has 1 aromatic heterocycles. The highest BCUT2D eigenvalue weighted by molar-refractivity contribution is 5.97. The second-order valence-corrected chi connectivity index (χ2v) is 6.25. The Morgan fingerprint density at radius 1 is 1.38 bits per heavy atom. The molecule has 4 rings (SSSR count). The number of carbonyl (C=O) groups is 1. The SMILES string of the molecule is Cc1cccc2cnc(C(=O)NC3CN4CC[C@H]3C4)cc12. The standard InChI is InChI=1S/C17H19N3O/c1-11-3-2-4-12-8-18-15(7-14(11)12)17(21)19-16-10-20-6-5-13(16)9-20/h2-4,7-8,13,16H,5-6,9-10H2,1H3,(H,19,21)/t13-,16?/m0/s1. The summed E-state index contributed by atoms with van der Waals surface area (Å²) in [7, 11) is 0. The van der Waals surface area contributed by atoms with E-state index < -0.39 is 0 Å². The third kappa shape index (κ3) is 2.20. The van der Waals surface area contributed by atoms with Crippen LogP contribution in [0.1, 0.15) is 22.5 Å². The first-order valence-corrected chi connectivity index (χ1v) is 7.59. The maximum absolute atomic E-state index is 12.4. The Balaban J connectivity index is 1.58. The lowest BCUT2D eigenvalue weighted by molar-refractivity contribution is 0.0919. The highest BCUT2D eigenvalue weighted by atomic mass is 16.2. The number of amides is 1. The third-order valence-electron chi connectivity index (χ3n) is 4.86. The molecule has 4 heteroatoms. The first-order chi connectivity index (χ1) is 10.2. The van der Waals surface area contributed by atoms with E-state index in [9.17, 15) is 4.79 Å². The number of nitrogens with zero attached hydrogens (tertiary/aromatic N) is 2. The Kier molecular flexibility index (Phi) is 2.93. The Labute approximate surface area is 124 Å². The van der Waals surface area contributed by atoms with Gasteiger partial charge in [-0.3, -0.25) is 9.78 Å². The van der Waals surface area contributed by atoms with Crippen LogP contribution < -0.4 is 5.32 Å². The van der Waals surface area contributed by atoms with Crippen molar-refractivity contribution in [3.63, 3.8) is 0 Å². The molecule has 2 aliphatic rings. The van der Waals surface area contributed by atoms with Gasteiger partial charge in [-0.2, -0.15) is 0 Å². The van der Waals surface area contributed by atoms with Crippen molar-refractivity contribution in [3.05, 3.63) is 41.7 Å². The average Bonchev–Trinajstić information content (AvgIpc) is 3.10. The van der Waals surface area contributed by atoms with Crippen LogP contribution in [0.4, 0.5) is 0 Å². The minimum absolute atomic E-state index is 0.0427. The van der Waals surface area contributed by atoms with E-state index in [4.69, 9.17) is 0 Å². The molecule has 0 saturated carbocycles. The van der Waals surface area contributed by atoms with Gasteiger partial charge < -0.3 is 10.2 Å². The summed E-state index contributed by atoms with van der Waals surface area (Å²) in [5, 5.41) is 5.35. The molecule has 0 spiro atoms. The molecule has 21 heavy (non-hydrogen) atoms. The highest BCUT2D eigenvalue weighted by Crippen LogP contribution is 2.28. The summed E-state index contributed by atoms with van der Waals surface area (Å²) in [5.41, 5.74) is 1.70. The van der Waals surface area contributed by atoms with Gasteiger partial charge in [-0.05, 0) is 42.8 Å². The van der Waals surface area contributed by atoms with E-state index in [1.165, 1.54) is 18.5 Å². The second-order valence-electron chi connectivity index (χ2n) is 6.25. The molecule has 2 saturated heterocycles. The summed E-state index contributed by atoms with van der Waals surface area (Å²) < 4.78 is 0. The summed E-state index contributed by atoms with van der Waals surface area (Å²) >= 11 is 0. The van der Waals surface area contributed by atoms with E-state index in [1.54, 1.807) is 6.20 Å². The van der Waals surface area contributed by atoms with Gasteiger partial charge in [-0.15, -0.1) is 0 Å². The summed E-state index contributed by atoms with van der Waals surface area (Å²) in [5.74, 6) is 0.579. The molecule has 0 aliphatic carbocycles. The van der Waals surface area contributed by atoms with Crippen molar-refractivity contribution in [2.24, 2.45) is 5.92 Å². The van der Waals surface area contributed by atoms with Crippen LogP contribution in [0.25, 0.3) is 10.8 Å². The molecule has 0 radical (unpaired) electrons. The Bertz CT molecular complexity index is 712. The first kappa shape index (κ1) is 12.8. The quantitative estimate of drug-likeness (QED) is 0.915. The molecule has 2 unspecified atom stereocenters. The fraction of sp³-hybridized carbons (Fsp3) is 0.412. The molecule has 3 atom stereocenters. The molecule has 4 nitrogen and oxygen atoms in total. The number of aromatic nitrogens is 1. The van der Waals surface area contributed by atoms with E-state index in [1.807, 2.05) is 18.2 Å². The summed E-state index contributed by atoms with van der Waals surface area (Å²) in [6.07, 6.45) is 3.00. The van der Waals surface area contributed by atoms with Crippen LogP contribution in [0.2, 0.25) is 0 Å². The van der Waals surface area contributed by atoms with Gasteiger partial charge in [0, 0.05) is 30.7 Å². The van der Waals surface area contributed by atoms with Crippen LogP contribution in [0.15, 0.2) is 30.5 Å². The Morgan fingerprint density at radius 2 is 2.29 bits per heavy atom. The predicted molar refractivity (Wildman–Crippen MR) is 82.3 cm³/mol. The topological polar surface area (TPSA) is 45.2 Å². The lowest BCUT2D eigenvalue weighted by atomic mass is 10.00. The van der Waals surface area contributed by atoms with Gasteiger partial charge in [0.25, 0.3) is 5.91 Å². The normalized spacial score (nSPS) is 27.2. The predicted octanol–water partition coefficient (Wildman–Crippen LogP) is 1.98. The van der Waals surface area contributed by atoms with Gasteiger partial charge in [0.15, 0.2) is 0 Å². The van der Waals surface area contributed by atoms with Crippen molar-refractivity contribution in [1.82, 2.24) is 15.2 Å². The van der Waals surface area contributed by atoms with Crippen molar-refractivity contribution in [3.8, 4) is 0 Å². The number of hydrogen-bond donors (Lipinski definition) is 1. The van der Waals surface area contributed by atoms with Gasteiger partial charge in [0.1, 0.15) is 5.69 Å². The number of piperidine rings is 1. The average molecular weight is 281 g/mol. The molecule has 2 bridgehead atoms. The van der Waals surface area contributed by atoms with E-state index in [-0.39, 0.29) is 5.91 Å². The molecule has 2 fully saturated rings. The largest absolute Gasteiger partial charge is 0.346 e. The maximum atomic E-state index is 12.4. The van der Waals surface area contributed by atoms with Gasteiger partial charge >= 0.3 is 0 Å². The van der Waals surface area contributed by atoms with E-state index in [2.05, 4.69) is 28.2 Å². The fourth-order valence-electron chi connectivity index (χ4n) is 3.64. The van der Waals surface area contributed by atoms with Gasteiger partial charge in [-0.25, -0.2) is 0 Å². The molecular weight excluding hydrogens is 262 g/mol. The number of pyridine rings is 1. The summed E-state index contributed by atoms with van der Waals surface area (Å²) in [6.45, 7) is 5.37. The second kappa shape index (κ2) is 4.81. The molecule has 108 valence electrons. The van der Waals surface area contributed by atoms with Crippen LogP contribution >= 0.6 is 0 Å². The van der Waals surface area contributed by atoms with Crippen molar-refractivity contribution in [2.75, 3.05) is 19.6 Å². The van der Waals surface area contributed by atoms with Crippen molar-refractivity contribution >= 4 is 16.7 Å². The van der Waals surface area contributed by atoms with Crippen molar-refractivity contribution in [2.45, 2.75) is 19.4 Å². The highest BCUT2D eigenvalue weighted by Gasteiger charge is 2.38. The molecule has 1 aromatic carbocycles. The lowest BCUT2D eigenvalue weighted by Crippen LogP contribution is -2.43. The number of rotatable bonds is 2. The molecule has 2 aliphatic heterocycles. The first-order valence-electron chi connectivity index (χ1n) is 7.59. The zero-order valence-corrected chi connectivity index (χ0v) is 12.2. The number of benzene rings is 1. The van der Waals surface area contributed by atoms with Gasteiger partial charge in [0.05, 0.1) is 0 Å². The van der Waals surface area contributed by atoms with Crippen LogP contribution in [0.3, 0.4) is 0 Å². The van der Waals surface area contributed by atoms with E-state index >= 15 is 0 Å². The Morgan fingerprint density at radius 3 is 3.05 bits per heavy atom. The number of aryl methyl sites for hydroxylation is 1. The minimum atomic E-state index is -0.0427. The molecule has 2 aromatic rings. The molecule has 1 amide bonds. The zero-order valence-electron chi connectivity index (χ0n) is 12.2.